The summed E-state index contributed by atoms with van der Waals surface area (Å²) in [5, 5.41) is 75.5. The molecule has 9 heteroatoms. The van der Waals surface area contributed by atoms with Crippen LogP contribution in [0.3, 0.4) is 0 Å². The monoisotopic (exact) mass is 638 g/mol. The minimum absolute atomic E-state index is 0.0132. The maximum Gasteiger partial charge on any atom is 0.186 e. The predicted octanol–water partition coefficient (Wildman–Crippen LogP) is 2.99. The van der Waals surface area contributed by atoms with Gasteiger partial charge in [-0.3, -0.25) is 0 Å². The Balaban J connectivity index is 1.22. The molecule has 1 saturated heterocycles. The van der Waals surface area contributed by atoms with E-state index >= 15 is 0 Å². The van der Waals surface area contributed by atoms with E-state index in [1.807, 2.05) is 13.8 Å². The summed E-state index contributed by atoms with van der Waals surface area (Å²) >= 11 is 0. The van der Waals surface area contributed by atoms with Crippen molar-refractivity contribution in [3.63, 3.8) is 0 Å². The van der Waals surface area contributed by atoms with Crippen LogP contribution in [0.4, 0.5) is 0 Å². The number of fused-ring (bicyclic) bond motifs is 2. The van der Waals surface area contributed by atoms with Gasteiger partial charge in [0.2, 0.25) is 0 Å². The first-order valence-electron chi connectivity index (χ1n) is 17.9. The zero-order valence-electron chi connectivity index (χ0n) is 28.6. The molecule has 7 N–H and O–H groups in total. The molecule has 0 amide bonds. The molecule has 45 heavy (non-hydrogen) atoms. The topological polar surface area (TPSA) is 160 Å². The molecule has 6 rings (SSSR count). The van der Waals surface area contributed by atoms with Crippen LogP contribution in [-0.2, 0) is 9.47 Å². The normalized spacial score (nSPS) is 54.9. The second kappa shape index (κ2) is 11.3. The SMILES string of the molecule is CC(C)[C@@H](O)CC[C@@H](C)[C@H]1[C@@H](O)C[C@@]2(C)[C@@H]3CC[C@H]4C(C)(C)[C@@H](O[C@@H]5O[C@H](CO)[C@@H](O)[C@H](O)[C@H]5O)CC[C@@]45C[C@@]35C[C@H](O)[C@]12C. The van der Waals surface area contributed by atoms with Gasteiger partial charge in [0.1, 0.15) is 24.4 Å². The smallest absolute Gasteiger partial charge is 0.186 e. The molecule has 9 nitrogen and oxygen atoms in total. The lowest BCUT2D eigenvalue weighted by Gasteiger charge is -2.64. The summed E-state index contributed by atoms with van der Waals surface area (Å²) in [5.74, 6) is 1.16. The largest absolute Gasteiger partial charge is 0.394 e. The van der Waals surface area contributed by atoms with E-state index in [0.29, 0.717) is 24.7 Å². The molecule has 0 unspecified atom stereocenters. The van der Waals surface area contributed by atoms with Crippen LogP contribution < -0.4 is 0 Å². The summed E-state index contributed by atoms with van der Waals surface area (Å²) < 4.78 is 12.2. The lowest BCUT2D eigenvalue weighted by Crippen LogP contribution is -2.63. The van der Waals surface area contributed by atoms with E-state index in [9.17, 15) is 35.7 Å². The molecule has 0 bridgehead atoms. The van der Waals surface area contributed by atoms with Crippen molar-refractivity contribution in [2.24, 2.45) is 56.7 Å². The molecule has 0 aromatic heterocycles. The molecule has 6 fully saturated rings. The number of hydrogen-bond acceptors (Lipinski definition) is 9. The van der Waals surface area contributed by atoms with E-state index < -0.39 is 54.9 Å². The molecule has 0 aromatic rings. The van der Waals surface area contributed by atoms with Crippen LogP contribution in [-0.4, -0.2) is 97.5 Å². The number of ether oxygens (including phenoxy) is 2. The Morgan fingerprint density at radius 3 is 2.13 bits per heavy atom. The van der Waals surface area contributed by atoms with Crippen LogP contribution in [0.15, 0.2) is 0 Å². The van der Waals surface area contributed by atoms with E-state index in [2.05, 4.69) is 34.6 Å². The summed E-state index contributed by atoms with van der Waals surface area (Å²) in [7, 11) is 0. The Kier molecular flexibility index (Phi) is 8.70. The number of hydrogen-bond donors (Lipinski definition) is 7. The van der Waals surface area contributed by atoms with Crippen LogP contribution in [0.5, 0.6) is 0 Å². The Morgan fingerprint density at radius 1 is 0.822 bits per heavy atom. The fraction of sp³-hybridized carbons (Fsp3) is 1.00. The van der Waals surface area contributed by atoms with E-state index in [4.69, 9.17) is 9.47 Å². The summed E-state index contributed by atoms with van der Waals surface area (Å²) in [4.78, 5) is 0. The standard InChI is InChI=1S/C36H62O9/c1-18(2)20(38)9-8-19(3)27-21(39)14-33(6)24-11-10-23-32(4,5)26(45-31-30(43)29(42)28(41)22(16-37)44-31)12-13-35(23)17-36(24,35)15-25(40)34(27,33)7/h18-31,37-43H,8-17H2,1-7H3/t19-,20+,21+,22-,23+,24+,25+,26+,27+,28-,29+,30-,31+,33+,34-,35-,36+/m1/s1. The van der Waals surface area contributed by atoms with Gasteiger partial charge in [0.05, 0.1) is 31.0 Å². The van der Waals surface area contributed by atoms with E-state index in [-0.39, 0.29) is 51.6 Å². The van der Waals surface area contributed by atoms with Crippen molar-refractivity contribution in [3.05, 3.63) is 0 Å². The lowest BCUT2D eigenvalue weighted by molar-refractivity contribution is -0.326. The van der Waals surface area contributed by atoms with E-state index in [0.717, 1.165) is 44.9 Å². The van der Waals surface area contributed by atoms with Gasteiger partial charge in [0, 0.05) is 5.41 Å². The Bertz CT molecular complexity index is 1100. The highest BCUT2D eigenvalue weighted by atomic mass is 16.7. The Morgan fingerprint density at radius 2 is 1.49 bits per heavy atom. The van der Waals surface area contributed by atoms with Crippen molar-refractivity contribution >= 4 is 0 Å². The molecule has 260 valence electrons. The number of aliphatic hydroxyl groups excluding tert-OH is 7. The fourth-order valence-electron chi connectivity index (χ4n) is 13.0. The highest BCUT2D eigenvalue weighted by Gasteiger charge is 2.84. The second-order valence-electron chi connectivity index (χ2n) is 17.9. The summed E-state index contributed by atoms with van der Waals surface area (Å²) in [6, 6.07) is 0. The van der Waals surface area contributed by atoms with Gasteiger partial charge in [0.15, 0.2) is 6.29 Å². The maximum atomic E-state index is 12.3. The van der Waals surface area contributed by atoms with Crippen molar-refractivity contribution in [1.29, 1.82) is 0 Å². The molecule has 1 aliphatic heterocycles. The fourth-order valence-corrected chi connectivity index (χ4v) is 13.0. The molecule has 17 atom stereocenters. The van der Waals surface area contributed by atoms with Gasteiger partial charge >= 0.3 is 0 Å². The van der Waals surface area contributed by atoms with E-state index in [1.54, 1.807) is 0 Å². The van der Waals surface area contributed by atoms with Gasteiger partial charge < -0.3 is 45.2 Å². The highest BCUT2D eigenvalue weighted by molar-refractivity contribution is 5.32. The van der Waals surface area contributed by atoms with Gasteiger partial charge in [-0.05, 0) is 109 Å². The predicted molar refractivity (Wildman–Crippen MR) is 168 cm³/mol. The molecule has 0 radical (unpaired) electrons. The van der Waals surface area contributed by atoms with Crippen molar-refractivity contribution in [1.82, 2.24) is 0 Å². The molecule has 1 heterocycles. The van der Waals surface area contributed by atoms with Crippen molar-refractivity contribution < 1.29 is 45.2 Å². The molecule has 5 saturated carbocycles. The summed E-state index contributed by atoms with van der Waals surface area (Å²) in [5.41, 5.74) is -0.736. The van der Waals surface area contributed by atoms with Crippen LogP contribution in [0, 0.1) is 56.7 Å². The maximum absolute atomic E-state index is 12.3. The summed E-state index contributed by atoms with van der Waals surface area (Å²) in [6.07, 6.45) is -0.0994. The zero-order valence-corrected chi connectivity index (χ0v) is 28.6. The third kappa shape index (κ3) is 4.64. The van der Waals surface area contributed by atoms with Crippen LogP contribution in [0.1, 0.15) is 106 Å². The van der Waals surface area contributed by atoms with Gasteiger partial charge in [-0.2, -0.15) is 0 Å². The number of aliphatic hydroxyl groups is 7. The van der Waals surface area contributed by atoms with Crippen LogP contribution >= 0.6 is 0 Å². The minimum atomic E-state index is -1.46. The first-order chi connectivity index (χ1) is 20.9. The quantitative estimate of drug-likeness (QED) is 0.198. The molecular weight excluding hydrogens is 576 g/mol. The van der Waals surface area contributed by atoms with Gasteiger partial charge in [-0.1, -0.05) is 48.5 Å². The average molecular weight is 639 g/mol. The first kappa shape index (κ1) is 34.5. The third-order valence-corrected chi connectivity index (χ3v) is 15.6. The lowest BCUT2D eigenvalue weighted by atomic mass is 9.41. The Labute approximate surface area is 269 Å². The average Bonchev–Trinajstić information content (AvgIpc) is 3.56. The molecule has 5 aliphatic carbocycles. The molecule has 0 aromatic carbocycles. The van der Waals surface area contributed by atoms with E-state index in [1.165, 1.54) is 0 Å². The van der Waals surface area contributed by atoms with Crippen molar-refractivity contribution in [3.8, 4) is 0 Å². The van der Waals surface area contributed by atoms with Gasteiger partial charge in [0.25, 0.3) is 0 Å². The second-order valence-corrected chi connectivity index (χ2v) is 17.9. The van der Waals surface area contributed by atoms with Crippen molar-refractivity contribution in [2.45, 2.75) is 161 Å². The van der Waals surface area contributed by atoms with Crippen LogP contribution in [0.2, 0.25) is 0 Å². The number of rotatable bonds is 8. The highest BCUT2D eigenvalue weighted by Crippen LogP contribution is 2.89. The van der Waals surface area contributed by atoms with Gasteiger partial charge in [-0.15, -0.1) is 0 Å². The van der Waals surface area contributed by atoms with Crippen LogP contribution in [0.25, 0.3) is 0 Å². The molecule has 6 aliphatic rings. The third-order valence-electron chi connectivity index (χ3n) is 15.6. The molecule has 2 spiro atoms. The zero-order chi connectivity index (χ0) is 33.1. The summed E-state index contributed by atoms with van der Waals surface area (Å²) in [6.45, 7) is 14.9. The molecular formula is C36H62O9. The van der Waals surface area contributed by atoms with Crippen molar-refractivity contribution in [2.75, 3.05) is 6.61 Å². The Hall–Kier alpha value is -0.360. The first-order valence-corrected chi connectivity index (χ1v) is 17.9. The minimum Gasteiger partial charge on any atom is -0.394 e. The van der Waals surface area contributed by atoms with Gasteiger partial charge in [-0.25, -0.2) is 0 Å².